The minimum absolute atomic E-state index is 0.426. The smallest absolute Gasteiger partial charge is 0.198 e. The molecule has 0 saturated carbocycles. The highest BCUT2D eigenvalue weighted by atomic mass is 79.9. The van der Waals surface area contributed by atoms with Gasteiger partial charge in [-0.15, -0.1) is 0 Å². The second kappa shape index (κ2) is 4.58. The van der Waals surface area contributed by atoms with Gasteiger partial charge in [-0.25, -0.2) is 15.0 Å². The molecule has 0 fully saturated rings. The zero-order valence-corrected chi connectivity index (χ0v) is 11.5. The zero-order chi connectivity index (χ0) is 12.5. The van der Waals surface area contributed by atoms with Crippen LogP contribution in [-0.2, 0) is 0 Å². The van der Waals surface area contributed by atoms with Crippen LogP contribution >= 0.6 is 27.7 Å². The molecule has 3 aromatic rings. The summed E-state index contributed by atoms with van der Waals surface area (Å²) in [7, 11) is 0. The van der Waals surface area contributed by atoms with Gasteiger partial charge in [-0.3, -0.25) is 0 Å². The fraction of sp³-hybridized carbons (Fsp3) is 0. The van der Waals surface area contributed by atoms with Crippen LogP contribution in [0.4, 0.5) is 5.82 Å². The molecule has 2 heterocycles. The number of H-pyrrole nitrogens is 1. The van der Waals surface area contributed by atoms with Gasteiger partial charge in [0.1, 0.15) is 10.4 Å². The first-order valence-electron chi connectivity index (χ1n) is 5.13. The van der Waals surface area contributed by atoms with E-state index in [1.807, 2.05) is 24.3 Å². The quantitative estimate of drug-likeness (QED) is 0.560. The average molecular weight is 322 g/mol. The van der Waals surface area contributed by atoms with Crippen LogP contribution in [0.15, 0.2) is 45.2 Å². The van der Waals surface area contributed by atoms with E-state index in [9.17, 15) is 0 Å². The predicted molar refractivity (Wildman–Crippen MR) is 74.4 cm³/mol. The number of aromatic amines is 1. The van der Waals surface area contributed by atoms with Gasteiger partial charge in [-0.1, -0.05) is 12.1 Å². The van der Waals surface area contributed by atoms with Gasteiger partial charge >= 0.3 is 0 Å². The number of para-hydroxylation sites is 2. The van der Waals surface area contributed by atoms with Crippen molar-refractivity contribution in [3.63, 3.8) is 0 Å². The van der Waals surface area contributed by atoms with Gasteiger partial charge in [0.15, 0.2) is 10.3 Å². The number of nitrogens with two attached hydrogens (primary N) is 1. The number of imidazole rings is 1. The largest absolute Gasteiger partial charge is 0.384 e. The molecule has 0 aliphatic rings. The number of halogens is 1. The third-order valence-corrected chi connectivity index (χ3v) is 3.41. The van der Waals surface area contributed by atoms with E-state index in [1.54, 1.807) is 6.07 Å². The summed E-state index contributed by atoms with van der Waals surface area (Å²) in [5.74, 6) is 0.426. The van der Waals surface area contributed by atoms with Crippen LogP contribution in [0.25, 0.3) is 11.0 Å². The number of hydrogen-bond donors (Lipinski definition) is 2. The van der Waals surface area contributed by atoms with Crippen LogP contribution in [0.5, 0.6) is 0 Å². The van der Waals surface area contributed by atoms with Crippen molar-refractivity contribution in [2.45, 2.75) is 10.3 Å². The Morgan fingerprint density at radius 2 is 2.00 bits per heavy atom. The summed E-state index contributed by atoms with van der Waals surface area (Å²) < 4.78 is 0.661. The summed E-state index contributed by atoms with van der Waals surface area (Å²) in [4.78, 5) is 16.0. The van der Waals surface area contributed by atoms with Gasteiger partial charge in [0, 0.05) is 6.07 Å². The van der Waals surface area contributed by atoms with Crippen LogP contribution in [0.3, 0.4) is 0 Å². The second-order valence-electron chi connectivity index (χ2n) is 3.56. The van der Waals surface area contributed by atoms with Crippen LogP contribution in [0.1, 0.15) is 0 Å². The van der Waals surface area contributed by atoms with E-state index >= 15 is 0 Å². The summed E-state index contributed by atoms with van der Waals surface area (Å²) in [6, 6.07) is 9.49. The van der Waals surface area contributed by atoms with E-state index < -0.39 is 0 Å². The molecular weight excluding hydrogens is 314 g/mol. The minimum Gasteiger partial charge on any atom is -0.384 e. The molecule has 2 aromatic heterocycles. The number of nitrogens with zero attached hydrogens (tertiary/aromatic N) is 3. The Labute approximate surface area is 115 Å². The molecule has 0 atom stereocenters. The van der Waals surface area contributed by atoms with Gasteiger partial charge in [0.25, 0.3) is 0 Å². The van der Waals surface area contributed by atoms with Crippen molar-refractivity contribution >= 4 is 44.5 Å². The fourth-order valence-corrected chi connectivity index (χ4v) is 2.82. The molecule has 0 amide bonds. The van der Waals surface area contributed by atoms with E-state index in [0.717, 1.165) is 16.2 Å². The molecular formula is C11H8BrN5S. The fourth-order valence-electron chi connectivity index (χ4n) is 1.52. The van der Waals surface area contributed by atoms with E-state index in [0.29, 0.717) is 15.6 Å². The summed E-state index contributed by atoms with van der Waals surface area (Å²) in [5.41, 5.74) is 7.57. The number of aromatic nitrogens is 4. The molecule has 1 aromatic carbocycles. The van der Waals surface area contributed by atoms with Crippen molar-refractivity contribution in [2.24, 2.45) is 0 Å². The highest BCUT2D eigenvalue weighted by Crippen LogP contribution is 2.26. The number of nitrogens with one attached hydrogen (secondary N) is 1. The Hall–Kier alpha value is -1.60. The molecule has 3 N–H and O–H groups in total. The van der Waals surface area contributed by atoms with Gasteiger partial charge in [0.2, 0.25) is 0 Å². The Morgan fingerprint density at radius 1 is 1.17 bits per heavy atom. The Kier molecular flexibility index (Phi) is 2.92. The van der Waals surface area contributed by atoms with Crippen molar-refractivity contribution in [1.29, 1.82) is 0 Å². The van der Waals surface area contributed by atoms with Crippen molar-refractivity contribution in [3.05, 3.63) is 34.9 Å². The highest BCUT2D eigenvalue weighted by Gasteiger charge is 2.07. The number of fused-ring (bicyclic) bond motifs is 1. The predicted octanol–water partition coefficient (Wildman–Crippen LogP) is 2.85. The standard InChI is InChI=1S/C11H8BrN5S/c12-8-5-9(13)17-11(16-8)18-10-14-6-3-1-2-4-7(6)15-10/h1-5H,(H,14,15)(H2,13,16,17). The summed E-state index contributed by atoms with van der Waals surface area (Å²) in [6.07, 6.45) is 0. The van der Waals surface area contributed by atoms with Gasteiger partial charge in [-0.05, 0) is 39.8 Å². The van der Waals surface area contributed by atoms with Crippen LogP contribution in [-0.4, -0.2) is 19.9 Å². The molecule has 5 nitrogen and oxygen atoms in total. The SMILES string of the molecule is Nc1cc(Br)nc(Sc2nc3ccccc3[nH]2)n1. The maximum Gasteiger partial charge on any atom is 0.198 e. The molecule has 0 bridgehead atoms. The number of rotatable bonds is 2. The van der Waals surface area contributed by atoms with Crippen molar-refractivity contribution in [2.75, 3.05) is 5.73 Å². The Morgan fingerprint density at radius 3 is 2.78 bits per heavy atom. The van der Waals surface area contributed by atoms with Gasteiger partial charge < -0.3 is 10.7 Å². The highest BCUT2D eigenvalue weighted by molar-refractivity contribution is 9.10. The first kappa shape index (κ1) is 11.5. The first-order valence-corrected chi connectivity index (χ1v) is 6.74. The lowest BCUT2D eigenvalue weighted by molar-refractivity contribution is 0.945. The number of hydrogen-bond acceptors (Lipinski definition) is 5. The third kappa shape index (κ3) is 2.32. The molecule has 0 aliphatic heterocycles. The van der Waals surface area contributed by atoms with E-state index in [1.165, 1.54) is 11.8 Å². The van der Waals surface area contributed by atoms with Gasteiger partial charge in [-0.2, -0.15) is 0 Å². The van der Waals surface area contributed by atoms with E-state index in [2.05, 4.69) is 35.9 Å². The molecule has 3 rings (SSSR count). The molecule has 18 heavy (non-hydrogen) atoms. The second-order valence-corrected chi connectivity index (χ2v) is 5.33. The molecule has 0 unspecified atom stereocenters. The van der Waals surface area contributed by atoms with Crippen molar-refractivity contribution < 1.29 is 0 Å². The summed E-state index contributed by atoms with van der Waals surface area (Å²) in [6.45, 7) is 0. The van der Waals surface area contributed by atoms with Crippen LogP contribution in [0.2, 0.25) is 0 Å². The van der Waals surface area contributed by atoms with Crippen molar-refractivity contribution in [1.82, 2.24) is 19.9 Å². The topological polar surface area (TPSA) is 80.5 Å². The average Bonchev–Trinajstić information content (AvgIpc) is 2.69. The van der Waals surface area contributed by atoms with Crippen LogP contribution < -0.4 is 5.73 Å². The lowest BCUT2D eigenvalue weighted by atomic mass is 10.3. The van der Waals surface area contributed by atoms with Gasteiger partial charge in [0.05, 0.1) is 11.0 Å². The normalized spacial score (nSPS) is 10.9. The minimum atomic E-state index is 0.426. The molecule has 7 heteroatoms. The van der Waals surface area contributed by atoms with Crippen molar-refractivity contribution in [3.8, 4) is 0 Å². The number of anilines is 1. The number of nitrogen functional groups attached to an aromatic ring is 1. The molecule has 0 saturated heterocycles. The zero-order valence-electron chi connectivity index (χ0n) is 9.09. The Bertz CT molecular complexity index is 658. The molecule has 0 aliphatic carbocycles. The van der Waals surface area contributed by atoms with E-state index in [4.69, 9.17) is 5.73 Å². The van der Waals surface area contributed by atoms with E-state index in [-0.39, 0.29) is 0 Å². The first-order chi connectivity index (χ1) is 8.70. The molecule has 0 radical (unpaired) electrons. The maximum atomic E-state index is 5.66. The summed E-state index contributed by atoms with van der Waals surface area (Å²) >= 11 is 4.63. The monoisotopic (exact) mass is 321 g/mol. The maximum absolute atomic E-state index is 5.66. The number of benzene rings is 1. The summed E-state index contributed by atoms with van der Waals surface area (Å²) in [5, 5.41) is 1.30. The lowest BCUT2D eigenvalue weighted by Gasteiger charge is -1.98. The third-order valence-electron chi connectivity index (χ3n) is 2.25. The molecule has 90 valence electrons. The Balaban J connectivity index is 1.96. The lowest BCUT2D eigenvalue weighted by Crippen LogP contribution is -1.94. The van der Waals surface area contributed by atoms with Crippen LogP contribution in [0, 0.1) is 0 Å². The molecule has 0 spiro atoms.